The number of fused-ring (bicyclic) bond motifs is 1. The number of nitrogens with zero attached hydrogens (tertiary/aromatic N) is 1. The van der Waals surface area contributed by atoms with Crippen molar-refractivity contribution in [1.82, 2.24) is 5.32 Å². The normalized spacial score (nSPS) is 15.8. The number of aryl methyl sites for hydroxylation is 1. The van der Waals surface area contributed by atoms with Crippen LogP contribution >= 0.6 is 0 Å². The van der Waals surface area contributed by atoms with Crippen molar-refractivity contribution in [3.05, 3.63) is 29.3 Å². The number of carbonyl (C=O) groups excluding carboxylic acids is 1. The zero-order chi connectivity index (χ0) is 15.4. The maximum atomic E-state index is 12.5. The SMILES string of the molecule is CC(C)C(C)NC(=O)N1CCCc2cc(CCN)ccc21. The van der Waals surface area contributed by atoms with Gasteiger partial charge < -0.3 is 11.1 Å². The van der Waals surface area contributed by atoms with Crippen LogP contribution in [0.4, 0.5) is 10.5 Å². The van der Waals surface area contributed by atoms with E-state index in [-0.39, 0.29) is 12.1 Å². The first-order valence-electron chi connectivity index (χ1n) is 7.93. The molecule has 0 aliphatic carbocycles. The molecule has 2 rings (SSSR count). The van der Waals surface area contributed by atoms with E-state index in [1.54, 1.807) is 0 Å². The number of nitrogens with one attached hydrogen (secondary N) is 1. The summed E-state index contributed by atoms with van der Waals surface area (Å²) in [6.07, 6.45) is 2.95. The van der Waals surface area contributed by atoms with Gasteiger partial charge in [-0.05, 0) is 55.8 Å². The van der Waals surface area contributed by atoms with Gasteiger partial charge in [-0.25, -0.2) is 4.79 Å². The summed E-state index contributed by atoms with van der Waals surface area (Å²) in [5.74, 6) is 0.435. The number of nitrogens with two attached hydrogens (primary N) is 1. The topological polar surface area (TPSA) is 58.4 Å². The summed E-state index contributed by atoms with van der Waals surface area (Å²) >= 11 is 0. The molecule has 116 valence electrons. The van der Waals surface area contributed by atoms with E-state index in [0.29, 0.717) is 12.5 Å². The molecule has 2 amide bonds. The van der Waals surface area contributed by atoms with Gasteiger partial charge in [0.15, 0.2) is 0 Å². The van der Waals surface area contributed by atoms with Crippen LogP contribution in [0.3, 0.4) is 0 Å². The van der Waals surface area contributed by atoms with Gasteiger partial charge in [0.1, 0.15) is 0 Å². The predicted octanol–water partition coefficient (Wildman–Crippen LogP) is 2.69. The van der Waals surface area contributed by atoms with Crippen LogP contribution in [-0.2, 0) is 12.8 Å². The third-order valence-electron chi connectivity index (χ3n) is 4.29. The van der Waals surface area contributed by atoms with Crippen LogP contribution in [0.2, 0.25) is 0 Å². The van der Waals surface area contributed by atoms with Crippen molar-refractivity contribution >= 4 is 11.7 Å². The largest absolute Gasteiger partial charge is 0.335 e. The third kappa shape index (κ3) is 3.76. The molecule has 1 aromatic rings. The molecule has 4 nitrogen and oxygen atoms in total. The van der Waals surface area contributed by atoms with E-state index >= 15 is 0 Å². The van der Waals surface area contributed by atoms with E-state index in [1.807, 2.05) is 4.90 Å². The summed E-state index contributed by atoms with van der Waals surface area (Å²) in [5.41, 5.74) is 9.19. The summed E-state index contributed by atoms with van der Waals surface area (Å²) in [7, 11) is 0. The average molecular weight is 289 g/mol. The maximum absolute atomic E-state index is 12.5. The molecule has 1 aliphatic rings. The van der Waals surface area contributed by atoms with E-state index in [4.69, 9.17) is 5.73 Å². The Morgan fingerprint density at radius 2 is 2.14 bits per heavy atom. The molecule has 0 bridgehead atoms. The van der Waals surface area contributed by atoms with Crippen LogP contribution in [0, 0.1) is 5.92 Å². The van der Waals surface area contributed by atoms with Gasteiger partial charge >= 0.3 is 6.03 Å². The molecular weight excluding hydrogens is 262 g/mol. The zero-order valence-corrected chi connectivity index (χ0v) is 13.4. The number of amides is 2. The van der Waals surface area contributed by atoms with E-state index in [0.717, 1.165) is 31.5 Å². The second-order valence-electron chi connectivity index (χ2n) is 6.24. The Hall–Kier alpha value is -1.55. The van der Waals surface area contributed by atoms with E-state index in [2.05, 4.69) is 44.3 Å². The fraction of sp³-hybridized carbons (Fsp3) is 0.588. The minimum absolute atomic E-state index is 0.0173. The number of rotatable bonds is 4. The standard InChI is InChI=1S/C17H27N3O/c1-12(2)13(3)19-17(21)20-10-4-5-15-11-14(8-9-18)6-7-16(15)20/h6-7,11-13H,4-5,8-10,18H2,1-3H3,(H,19,21). The summed E-state index contributed by atoms with van der Waals surface area (Å²) in [6, 6.07) is 6.55. The molecule has 1 aromatic carbocycles. The van der Waals surface area contributed by atoms with Crippen molar-refractivity contribution in [2.45, 2.75) is 46.1 Å². The third-order valence-corrected chi connectivity index (χ3v) is 4.29. The van der Waals surface area contributed by atoms with E-state index < -0.39 is 0 Å². The van der Waals surface area contributed by atoms with Gasteiger partial charge in [-0.2, -0.15) is 0 Å². The molecule has 0 aromatic heterocycles. The lowest BCUT2D eigenvalue weighted by atomic mass is 9.98. The number of hydrogen-bond acceptors (Lipinski definition) is 2. The monoisotopic (exact) mass is 289 g/mol. The second-order valence-corrected chi connectivity index (χ2v) is 6.24. The summed E-state index contributed by atoms with van der Waals surface area (Å²) in [6.45, 7) is 7.74. The van der Waals surface area contributed by atoms with Gasteiger partial charge in [0, 0.05) is 18.3 Å². The van der Waals surface area contributed by atoms with Gasteiger partial charge in [-0.1, -0.05) is 26.0 Å². The molecule has 1 aliphatic heterocycles. The molecule has 4 heteroatoms. The molecule has 0 saturated heterocycles. The highest BCUT2D eigenvalue weighted by molar-refractivity contribution is 5.93. The number of hydrogen-bond donors (Lipinski definition) is 2. The van der Waals surface area contributed by atoms with Crippen molar-refractivity contribution in [1.29, 1.82) is 0 Å². The molecule has 0 fully saturated rings. The summed E-state index contributed by atoms with van der Waals surface area (Å²) < 4.78 is 0. The minimum Gasteiger partial charge on any atom is -0.335 e. The first kappa shape index (κ1) is 15.8. The van der Waals surface area contributed by atoms with Gasteiger partial charge in [0.2, 0.25) is 0 Å². The summed E-state index contributed by atoms with van der Waals surface area (Å²) in [5, 5.41) is 3.10. The fourth-order valence-electron chi connectivity index (χ4n) is 2.62. The maximum Gasteiger partial charge on any atom is 0.322 e. The molecule has 1 atom stereocenters. The number of carbonyl (C=O) groups is 1. The van der Waals surface area contributed by atoms with Crippen LogP contribution in [0.25, 0.3) is 0 Å². The van der Waals surface area contributed by atoms with Gasteiger partial charge in [0.05, 0.1) is 0 Å². The molecule has 0 radical (unpaired) electrons. The van der Waals surface area contributed by atoms with Crippen molar-refractivity contribution < 1.29 is 4.79 Å². The smallest absolute Gasteiger partial charge is 0.322 e. The van der Waals surface area contributed by atoms with Crippen LogP contribution < -0.4 is 16.0 Å². The first-order valence-corrected chi connectivity index (χ1v) is 7.93. The van der Waals surface area contributed by atoms with Crippen LogP contribution in [-0.4, -0.2) is 25.2 Å². The average Bonchev–Trinajstić information content (AvgIpc) is 2.46. The molecule has 0 saturated carbocycles. The number of urea groups is 1. The Bertz CT molecular complexity index is 499. The van der Waals surface area contributed by atoms with E-state index in [1.165, 1.54) is 11.1 Å². The van der Waals surface area contributed by atoms with Crippen LogP contribution in [0.5, 0.6) is 0 Å². The lowest BCUT2D eigenvalue weighted by Crippen LogP contribution is -2.47. The number of benzene rings is 1. The van der Waals surface area contributed by atoms with Gasteiger partial charge in [0.25, 0.3) is 0 Å². The lowest BCUT2D eigenvalue weighted by Gasteiger charge is -2.31. The predicted molar refractivity (Wildman–Crippen MR) is 87.7 cm³/mol. The Morgan fingerprint density at radius 1 is 1.38 bits per heavy atom. The highest BCUT2D eigenvalue weighted by Gasteiger charge is 2.24. The Labute approximate surface area is 127 Å². The quantitative estimate of drug-likeness (QED) is 0.895. The van der Waals surface area contributed by atoms with Gasteiger partial charge in [-0.15, -0.1) is 0 Å². The minimum atomic E-state index is 0.0173. The first-order chi connectivity index (χ1) is 10.0. The van der Waals surface area contributed by atoms with Crippen molar-refractivity contribution in [3.63, 3.8) is 0 Å². The highest BCUT2D eigenvalue weighted by atomic mass is 16.2. The Kier molecular flexibility index (Phi) is 5.23. The molecule has 1 heterocycles. The van der Waals surface area contributed by atoms with Gasteiger partial charge in [-0.3, -0.25) is 4.90 Å². The van der Waals surface area contributed by atoms with Crippen LogP contribution in [0.1, 0.15) is 38.3 Å². The molecule has 0 spiro atoms. The zero-order valence-electron chi connectivity index (χ0n) is 13.4. The second kappa shape index (κ2) is 6.94. The van der Waals surface area contributed by atoms with Crippen molar-refractivity contribution in [2.24, 2.45) is 11.7 Å². The van der Waals surface area contributed by atoms with Crippen LogP contribution in [0.15, 0.2) is 18.2 Å². The Balaban J connectivity index is 2.16. The Morgan fingerprint density at radius 3 is 2.81 bits per heavy atom. The molecule has 1 unspecified atom stereocenters. The van der Waals surface area contributed by atoms with E-state index in [9.17, 15) is 4.79 Å². The summed E-state index contributed by atoms with van der Waals surface area (Å²) in [4.78, 5) is 14.4. The van der Waals surface area contributed by atoms with Crippen molar-refractivity contribution in [2.75, 3.05) is 18.0 Å². The fourth-order valence-corrected chi connectivity index (χ4v) is 2.62. The molecule has 21 heavy (non-hydrogen) atoms. The highest BCUT2D eigenvalue weighted by Crippen LogP contribution is 2.28. The lowest BCUT2D eigenvalue weighted by molar-refractivity contribution is 0.239. The number of anilines is 1. The molecule has 3 N–H and O–H groups in total. The molecular formula is C17H27N3O. The van der Waals surface area contributed by atoms with Crippen molar-refractivity contribution in [3.8, 4) is 0 Å².